The highest BCUT2D eigenvalue weighted by Crippen LogP contribution is 2.63. The first-order valence-corrected chi connectivity index (χ1v) is 8.22. The SMILES string of the molecule is CC(C)C1(C(C)C)CCC2(CC2)c2ccc(N)c(C#N)c21. The van der Waals surface area contributed by atoms with Crippen molar-refractivity contribution in [3.05, 3.63) is 28.8 Å². The van der Waals surface area contributed by atoms with Gasteiger partial charge < -0.3 is 5.73 Å². The van der Waals surface area contributed by atoms with Crippen molar-refractivity contribution in [2.75, 3.05) is 5.73 Å². The first kappa shape index (κ1) is 14.4. The topological polar surface area (TPSA) is 49.8 Å². The molecule has 0 bridgehead atoms. The molecule has 0 radical (unpaired) electrons. The number of nitriles is 1. The van der Waals surface area contributed by atoms with Crippen molar-refractivity contribution in [3.8, 4) is 6.07 Å². The molecule has 1 spiro atoms. The summed E-state index contributed by atoms with van der Waals surface area (Å²) in [4.78, 5) is 0. The van der Waals surface area contributed by atoms with Gasteiger partial charge in [0.15, 0.2) is 0 Å². The van der Waals surface area contributed by atoms with E-state index in [9.17, 15) is 5.26 Å². The molecule has 2 heteroatoms. The molecular formula is C19H26N2. The zero-order valence-electron chi connectivity index (χ0n) is 13.7. The molecule has 0 unspecified atom stereocenters. The standard InChI is InChI=1S/C19H26N2/c1-12(2)19(13(3)4)10-9-18(7-8-18)15-5-6-16(21)14(11-20)17(15)19/h5-6,12-13H,7-10,21H2,1-4H3. The van der Waals surface area contributed by atoms with E-state index in [2.05, 4.69) is 39.8 Å². The molecule has 0 heterocycles. The minimum Gasteiger partial charge on any atom is -0.398 e. The van der Waals surface area contributed by atoms with Gasteiger partial charge in [0, 0.05) is 11.1 Å². The van der Waals surface area contributed by atoms with Crippen LogP contribution in [0.3, 0.4) is 0 Å². The van der Waals surface area contributed by atoms with E-state index in [4.69, 9.17) is 5.73 Å². The van der Waals surface area contributed by atoms with E-state index in [1.165, 1.54) is 36.8 Å². The van der Waals surface area contributed by atoms with Crippen LogP contribution in [0, 0.1) is 23.2 Å². The number of anilines is 1. The van der Waals surface area contributed by atoms with Gasteiger partial charge in [0.2, 0.25) is 0 Å². The monoisotopic (exact) mass is 282 g/mol. The molecule has 0 atom stereocenters. The van der Waals surface area contributed by atoms with Crippen molar-refractivity contribution in [2.45, 2.75) is 64.2 Å². The predicted octanol–water partition coefficient (Wildman–Crippen LogP) is 4.52. The molecule has 0 saturated heterocycles. The fourth-order valence-corrected chi connectivity index (χ4v) is 4.86. The maximum atomic E-state index is 9.73. The number of nitrogens with two attached hydrogens (primary N) is 1. The van der Waals surface area contributed by atoms with Gasteiger partial charge in [-0.05, 0) is 60.1 Å². The normalized spacial score (nSPS) is 21.4. The summed E-state index contributed by atoms with van der Waals surface area (Å²) in [6.07, 6.45) is 5.01. The van der Waals surface area contributed by atoms with E-state index in [1.54, 1.807) is 0 Å². The summed E-state index contributed by atoms with van der Waals surface area (Å²) in [6.45, 7) is 9.22. The third kappa shape index (κ3) is 1.76. The van der Waals surface area contributed by atoms with Gasteiger partial charge in [-0.15, -0.1) is 0 Å². The Balaban J connectivity index is 2.36. The van der Waals surface area contributed by atoms with Crippen molar-refractivity contribution in [3.63, 3.8) is 0 Å². The maximum absolute atomic E-state index is 9.73. The Labute approximate surface area is 128 Å². The minimum atomic E-state index is 0.0869. The van der Waals surface area contributed by atoms with Crippen molar-refractivity contribution >= 4 is 5.69 Å². The summed E-state index contributed by atoms with van der Waals surface area (Å²) in [5, 5.41) is 9.73. The molecule has 1 fully saturated rings. The van der Waals surface area contributed by atoms with E-state index < -0.39 is 0 Å². The minimum absolute atomic E-state index is 0.0869. The number of nitrogens with zero attached hydrogens (tertiary/aromatic N) is 1. The van der Waals surface area contributed by atoms with Gasteiger partial charge in [0.1, 0.15) is 6.07 Å². The maximum Gasteiger partial charge on any atom is 0.102 e. The second kappa shape index (κ2) is 4.50. The number of nitrogen functional groups attached to an aromatic ring is 1. The van der Waals surface area contributed by atoms with Gasteiger partial charge >= 0.3 is 0 Å². The van der Waals surface area contributed by atoms with Crippen molar-refractivity contribution in [1.29, 1.82) is 5.26 Å². The number of hydrogen-bond acceptors (Lipinski definition) is 2. The molecule has 1 aromatic carbocycles. The Morgan fingerprint density at radius 1 is 1.05 bits per heavy atom. The highest BCUT2D eigenvalue weighted by Gasteiger charge is 2.55. The Hall–Kier alpha value is -1.49. The lowest BCUT2D eigenvalue weighted by Gasteiger charge is -2.49. The van der Waals surface area contributed by atoms with Crippen molar-refractivity contribution in [2.24, 2.45) is 11.8 Å². The summed E-state index contributed by atoms with van der Waals surface area (Å²) in [6, 6.07) is 6.60. The third-order valence-corrected chi connectivity index (χ3v) is 6.32. The van der Waals surface area contributed by atoms with Gasteiger partial charge in [-0.25, -0.2) is 0 Å². The van der Waals surface area contributed by atoms with Gasteiger partial charge in [0.05, 0.1) is 5.56 Å². The molecule has 2 N–H and O–H groups in total. The molecule has 2 nitrogen and oxygen atoms in total. The zero-order chi connectivity index (χ0) is 15.4. The molecule has 2 aliphatic rings. The number of fused-ring (bicyclic) bond motifs is 2. The molecule has 3 rings (SSSR count). The fraction of sp³-hybridized carbons (Fsp3) is 0.632. The highest BCUT2D eigenvalue weighted by atomic mass is 14.6. The van der Waals surface area contributed by atoms with Crippen molar-refractivity contribution in [1.82, 2.24) is 0 Å². The summed E-state index contributed by atoms with van der Waals surface area (Å²) in [5.41, 5.74) is 10.7. The van der Waals surface area contributed by atoms with Crippen LogP contribution in [-0.2, 0) is 10.8 Å². The van der Waals surface area contributed by atoms with Crippen LogP contribution in [0.2, 0.25) is 0 Å². The van der Waals surface area contributed by atoms with Crippen LogP contribution in [0.15, 0.2) is 12.1 Å². The van der Waals surface area contributed by atoms with E-state index in [0.29, 0.717) is 22.9 Å². The molecule has 21 heavy (non-hydrogen) atoms. The van der Waals surface area contributed by atoms with Crippen LogP contribution in [0.25, 0.3) is 0 Å². The smallest absolute Gasteiger partial charge is 0.102 e. The molecule has 0 aromatic heterocycles. The van der Waals surface area contributed by atoms with Crippen LogP contribution in [0.5, 0.6) is 0 Å². The van der Waals surface area contributed by atoms with Crippen LogP contribution in [-0.4, -0.2) is 0 Å². The summed E-state index contributed by atoms with van der Waals surface area (Å²) >= 11 is 0. The second-order valence-electron chi connectivity index (χ2n) is 7.69. The number of benzene rings is 1. The van der Waals surface area contributed by atoms with E-state index in [-0.39, 0.29) is 5.41 Å². The molecule has 0 amide bonds. The summed E-state index contributed by atoms with van der Waals surface area (Å²) < 4.78 is 0. The Morgan fingerprint density at radius 2 is 1.62 bits per heavy atom. The zero-order valence-corrected chi connectivity index (χ0v) is 13.7. The Morgan fingerprint density at radius 3 is 2.10 bits per heavy atom. The van der Waals surface area contributed by atoms with E-state index in [1.807, 2.05) is 6.07 Å². The van der Waals surface area contributed by atoms with Crippen molar-refractivity contribution < 1.29 is 0 Å². The quantitative estimate of drug-likeness (QED) is 0.811. The second-order valence-corrected chi connectivity index (χ2v) is 7.69. The summed E-state index contributed by atoms with van der Waals surface area (Å²) in [7, 11) is 0. The molecule has 1 saturated carbocycles. The van der Waals surface area contributed by atoms with Crippen LogP contribution >= 0.6 is 0 Å². The molecular weight excluding hydrogens is 256 g/mol. The Kier molecular flexibility index (Phi) is 3.10. The van der Waals surface area contributed by atoms with Gasteiger partial charge in [-0.2, -0.15) is 5.26 Å². The van der Waals surface area contributed by atoms with Gasteiger partial charge in [0.25, 0.3) is 0 Å². The molecule has 2 aliphatic carbocycles. The average Bonchev–Trinajstić information content (AvgIpc) is 3.19. The van der Waals surface area contributed by atoms with Gasteiger partial charge in [-0.1, -0.05) is 33.8 Å². The van der Waals surface area contributed by atoms with Gasteiger partial charge in [-0.3, -0.25) is 0 Å². The molecule has 0 aliphatic heterocycles. The summed E-state index contributed by atoms with van der Waals surface area (Å²) in [5.74, 6) is 1.03. The number of rotatable bonds is 2. The van der Waals surface area contributed by atoms with Crippen LogP contribution in [0.4, 0.5) is 5.69 Å². The molecule has 112 valence electrons. The van der Waals surface area contributed by atoms with E-state index in [0.717, 1.165) is 5.56 Å². The third-order valence-electron chi connectivity index (χ3n) is 6.32. The lowest BCUT2D eigenvalue weighted by Crippen LogP contribution is -2.44. The number of hydrogen-bond donors (Lipinski definition) is 1. The highest BCUT2D eigenvalue weighted by molar-refractivity contribution is 5.65. The fourth-order valence-electron chi connectivity index (χ4n) is 4.86. The Bertz CT molecular complexity index is 607. The van der Waals surface area contributed by atoms with Crippen LogP contribution < -0.4 is 5.73 Å². The van der Waals surface area contributed by atoms with E-state index >= 15 is 0 Å². The lowest BCUT2D eigenvalue weighted by atomic mass is 9.55. The first-order chi connectivity index (χ1) is 9.89. The lowest BCUT2D eigenvalue weighted by molar-refractivity contribution is 0.173. The molecule has 1 aromatic rings. The van der Waals surface area contributed by atoms with Crippen LogP contribution in [0.1, 0.15) is 70.1 Å². The predicted molar refractivity (Wildman–Crippen MR) is 87.1 cm³/mol. The average molecular weight is 282 g/mol. The first-order valence-electron chi connectivity index (χ1n) is 8.22. The largest absolute Gasteiger partial charge is 0.398 e.